The van der Waals surface area contributed by atoms with Crippen molar-refractivity contribution < 1.29 is 14.7 Å². The average molecular weight is 356 g/mol. The third-order valence-corrected chi connectivity index (χ3v) is 4.04. The highest BCUT2D eigenvalue weighted by molar-refractivity contribution is 9.10. The summed E-state index contributed by atoms with van der Waals surface area (Å²) in [6, 6.07) is 4.60. The summed E-state index contributed by atoms with van der Waals surface area (Å²) in [5, 5.41) is 11.9. The van der Waals surface area contributed by atoms with Gasteiger partial charge in [-0.05, 0) is 32.2 Å². The lowest BCUT2D eigenvalue weighted by molar-refractivity contribution is 0.0698. The first kappa shape index (κ1) is 15.8. The molecule has 1 unspecified atom stereocenters. The maximum absolute atomic E-state index is 12.3. The minimum Gasteiger partial charge on any atom is -0.478 e. The SMILES string of the molecule is CC1CN(C)CCN1C(=O)Nc1ccc(Br)cc1C(=O)O. The summed E-state index contributed by atoms with van der Waals surface area (Å²) in [7, 11) is 2.02. The van der Waals surface area contributed by atoms with E-state index in [1.54, 1.807) is 17.0 Å². The van der Waals surface area contributed by atoms with Gasteiger partial charge in [0.15, 0.2) is 0 Å². The van der Waals surface area contributed by atoms with E-state index >= 15 is 0 Å². The van der Waals surface area contributed by atoms with Crippen molar-refractivity contribution in [1.29, 1.82) is 0 Å². The molecule has 2 rings (SSSR count). The Morgan fingerprint density at radius 2 is 2.10 bits per heavy atom. The molecule has 1 aromatic rings. The van der Waals surface area contributed by atoms with Gasteiger partial charge in [-0.25, -0.2) is 9.59 Å². The van der Waals surface area contributed by atoms with E-state index in [0.717, 1.165) is 13.1 Å². The van der Waals surface area contributed by atoms with Crippen LogP contribution in [0.5, 0.6) is 0 Å². The van der Waals surface area contributed by atoms with Crippen molar-refractivity contribution in [3.63, 3.8) is 0 Å². The first-order valence-electron chi connectivity index (χ1n) is 6.67. The van der Waals surface area contributed by atoms with Gasteiger partial charge in [-0.3, -0.25) is 0 Å². The number of likely N-dealkylation sites (N-methyl/N-ethyl adjacent to an activating group) is 1. The van der Waals surface area contributed by atoms with E-state index in [9.17, 15) is 14.7 Å². The third kappa shape index (κ3) is 3.74. The van der Waals surface area contributed by atoms with Crippen LogP contribution in [-0.2, 0) is 0 Å². The Kier molecular flexibility index (Phi) is 4.84. The summed E-state index contributed by atoms with van der Waals surface area (Å²) in [6.45, 7) is 4.22. The lowest BCUT2D eigenvalue weighted by atomic mass is 10.1. The van der Waals surface area contributed by atoms with E-state index in [-0.39, 0.29) is 17.6 Å². The molecule has 21 heavy (non-hydrogen) atoms. The molecule has 0 aromatic heterocycles. The number of halogens is 1. The molecule has 2 N–H and O–H groups in total. The zero-order valence-electron chi connectivity index (χ0n) is 12.0. The summed E-state index contributed by atoms with van der Waals surface area (Å²) in [4.78, 5) is 27.5. The van der Waals surface area contributed by atoms with Gasteiger partial charge in [0.1, 0.15) is 0 Å². The number of anilines is 1. The van der Waals surface area contributed by atoms with E-state index in [1.165, 1.54) is 6.07 Å². The number of aromatic carboxylic acids is 1. The monoisotopic (exact) mass is 355 g/mol. The van der Waals surface area contributed by atoms with Crippen molar-refractivity contribution >= 4 is 33.6 Å². The number of carbonyl (C=O) groups excluding carboxylic acids is 1. The number of amides is 2. The summed E-state index contributed by atoms with van der Waals surface area (Å²) in [5.74, 6) is -1.07. The molecule has 0 bridgehead atoms. The second-order valence-corrected chi connectivity index (χ2v) is 6.15. The molecule has 0 spiro atoms. The number of hydrogen-bond acceptors (Lipinski definition) is 3. The maximum Gasteiger partial charge on any atom is 0.337 e. The van der Waals surface area contributed by atoms with Crippen molar-refractivity contribution in [1.82, 2.24) is 9.80 Å². The normalized spacial score (nSPS) is 19.4. The van der Waals surface area contributed by atoms with Gasteiger partial charge in [0, 0.05) is 30.1 Å². The molecule has 1 atom stereocenters. The van der Waals surface area contributed by atoms with Gasteiger partial charge in [0.25, 0.3) is 0 Å². The molecule has 1 aromatic carbocycles. The lowest BCUT2D eigenvalue weighted by Gasteiger charge is -2.38. The van der Waals surface area contributed by atoms with Gasteiger partial charge in [0.2, 0.25) is 0 Å². The van der Waals surface area contributed by atoms with Gasteiger partial charge >= 0.3 is 12.0 Å². The molecule has 0 saturated carbocycles. The highest BCUT2D eigenvalue weighted by atomic mass is 79.9. The molecular weight excluding hydrogens is 338 g/mol. The Morgan fingerprint density at radius 1 is 1.38 bits per heavy atom. The van der Waals surface area contributed by atoms with E-state index < -0.39 is 5.97 Å². The second-order valence-electron chi connectivity index (χ2n) is 5.23. The van der Waals surface area contributed by atoms with Crippen LogP contribution in [0.1, 0.15) is 17.3 Å². The predicted molar refractivity (Wildman–Crippen MR) is 83.8 cm³/mol. The van der Waals surface area contributed by atoms with Crippen LogP contribution in [0.25, 0.3) is 0 Å². The quantitative estimate of drug-likeness (QED) is 0.853. The minimum atomic E-state index is -1.07. The number of hydrogen-bond donors (Lipinski definition) is 2. The number of nitrogens with one attached hydrogen (secondary N) is 1. The molecule has 1 aliphatic rings. The molecule has 7 heteroatoms. The van der Waals surface area contributed by atoms with Crippen LogP contribution >= 0.6 is 15.9 Å². The van der Waals surface area contributed by atoms with Crippen LogP contribution in [0.2, 0.25) is 0 Å². The van der Waals surface area contributed by atoms with Gasteiger partial charge in [-0.1, -0.05) is 15.9 Å². The van der Waals surface area contributed by atoms with Gasteiger partial charge < -0.3 is 20.2 Å². The predicted octanol–water partition coefficient (Wildman–Crippen LogP) is 2.32. The zero-order chi connectivity index (χ0) is 15.6. The summed E-state index contributed by atoms with van der Waals surface area (Å²) in [6.07, 6.45) is 0. The van der Waals surface area contributed by atoms with Crippen molar-refractivity contribution in [2.45, 2.75) is 13.0 Å². The first-order valence-corrected chi connectivity index (χ1v) is 7.47. The van der Waals surface area contributed by atoms with E-state index in [1.807, 2.05) is 14.0 Å². The molecular formula is C14H18BrN3O3. The number of nitrogens with zero attached hydrogens (tertiary/aromatic N) is 2. The number of carbonyl (C=O) groups is 2. The van der Waals surface area contributed by atoms with Crippen molar-refractivity contribution in [2.75, 3.05) is 32.0 Å². The van der Waals surface area contributed by atoms with Crippen LogP contribution in [-0.4, -0.2) is 59.6 Å². The highest BCUT2D eigenvalue weighted by Gasteiger charge is 2.26. The van der Waals surface area contributed by atoms with Gasteiger partial charge in [-0.2, -0.15) is 0 Å². The third-order valence-electron chi connectivity index (χ3n) is 3.55. The topological polar surface area (TPSA) is 72.9 Å². The Labute approximate surface area is 131 Å². The Bertz CT molecular complexity index is 564. The molecule has 114 valence electrons. The molecule has 2 amide bonds. The molecule has 0 radical (unpaired) electrons. The van der Waals surface area contributed by atoms with Crippen LogP contribution < -0.4 is 5.32 Å². The van der Waals surface area contributed by atoms with Crippen LogP contribution in [0.4, 0.5) is 10.5 Å². The molecule has 1 aliphatic heterocycles. The van der Waals surface area contributed by atoms with Gasteiger partial charge in [0.05, 0.1) is 11.3 Å². The number of carboxylic acid groups (broad SMARTS) is 1. The van der Waals surface area contributed by atoms with E-state index in [4.69, 9.17) is 0 Å². The Balaban J connectivity index is 2.14. The van der Waals surface area contributed by atoms with E-state index in [2.05, 4.69) is 26.1 Å². The second kappa shape index (κ2) is 6.44. The fourth-order valence-electron chi connectivity index (χ4n) is 2.43. The molecule has 0 aliphatic carbocycles. The average Bonchev–Trinajstić information content (AvgIpc) is 2.40. The first-order chi connectivity index (χ1) is 9.88. The number of benzene rings is 1. The highest BCUT2D eigenvalue weighted by Crippen LogP contribution is 2.22. The maximum atomic E-state index is 12.3. The van der Waals surface area contributed by atoms with Crippen LogP contribution in [0, 0.1) is 0 Å². The standard InChI is InChI=1S/C14H18BrN3O3/c1-9-8-17(2)5-6-18(9)14(21)16-12-4-3-10(15)7-11(12)13(19)20/h3-4,7,9H,5-6,8H2,1-2H3,(H,16,21)(H,19,20). The molecule has 1 heterocycles. The Hall–Kier alpha value is -1.60. The van der Waals surface area contributed by atoms with Crippen molar-refractivity contribution in [2.24, 2.45) is 0 Å². The number of rotatable bonds is 2. The zero-order valence-corrected chi connectivity index (χ0v) is 13.6. The van der Waals surface area contributed by atoms with Crippen molar-refractivity contribution in [3.8, 4) is 0 Å². The summed E-state index contributed by atoms with van der Waals surface area (Å²) >= 11 is 3.23. The minimum absolute atomic E-state index is 0.0690. The number of urea groups is 1. The van der Waals surface area contributed by atoms with Crippen molar-refractivity contribution in [3.05, 3.63) is 28.2 Å². The summed E-state index contributed by atoms with van der Waals surface area (Å²) in [5.41, 5.74) is 0.376. The fraction of sp³-hybridized carbons (Fsp3) is 0.429. The molecule has 1 fully saturated rings. The number of carboxylic acids is 1. The lowest BCUT2D eigenvalue weighted by Crippen LogP contribution is -2.54. The smallest absolute Gasteiger partial charge is 0.337 e. The van der Waals surface area contributed by atoms with Crippen LogP contribution in [0.3, 0.4) is 0 Å². The van der Waals surface area contributed by atoms with Crippen LogP contribution in [0.15, 0.2) is 22.7 Å². The molecule has 1 saturated heterocycles. The largest absolute Gasteiger partial charge is 0.478 e. The Morgan fingerprint density at radius 3 is 2.71 bits per heavy atom. The fourth-order valence-corrected chi connectivity index (χ4v) is 2.79. The summed E-state index contributed by atoms with van der Waals surface area (Å²) < 4.78 is 0.658. The number of piperazine rings is 1. The van der Waals surface area contributed by atoms with E-state index in [0.29, 0.717) is 16.7 Å². The van der Waals surface area contributed by atoms with Gasteiger partial charge in [-0.15, -0.1) is 0 Å². The molecule has 6 nitrogen and oxygen atoms in total.